The van der Waals surface area contributed by atoms with Gasteiger partial charge in [-0.15, -0.1) is 0 Å². The molecule has 0 aliphatic rings. The highest BCUT2D eigenvalue weighted by Crippen LogP contribution is 2.16. The number of hydrogen-bond acceptors (Lipinski definition) is 5. The predicted octanol–water partition coefficient (Wildman–Crippen LogP) is 16.1. The molecule has 0 bridgehead atoms. The van der Waals surface area contributed by atoms with E-state index in [1.165, 1.54) is 186 Å². The Balaban J connectivity index is 3.48. The Morgan fingerprint density at radius 3 is 1.28 bits per heavy atom. The maximum absolute atomic E-state index is 12.4. The molecule has 6 nitrogen and oxygen atoms in total. The van der Waals surface area contributed by atoms with Crippen LogP contribution in [0.25, 0.3) is 0 Å². The van der Waals surface area contributed by atoms with Crippen molar-refractivity contribution in [2.75, 3.05) is 13.2 Å². The van der Waals surface area contributed by atoms with Gasteiger partial charge in [0, 0.05) is 12.8 Å². The lowest BCUT2D eigenvalue weighted by Crippen LogP contribution is -2.45. The van der Waals surface area contributed by atoms with E-state index in [1.807, 2.05) is 6.08 Å². The van der Waals surface area contributed by atoms with Gasteiger partial charge in [0.15, 0.2) is 0 Å². The summed E-state index contributed by atoms with van der Waals surface area (Å²) >= 11 is 0. The van der Waals surface area contributed by atoms with Crippen molar-refractivity contribution in [1.29, 1.82) is 0 Å². The molecule has 0 rings (SSSR count). The first kappa shape index (κ1) is 59.1. The summed E-state index contributed by atoms with van der Waals surface area (Å²) < 4.78 is 5.47. The number of carbonyl (C=O) groups excluding carboxylic acids is 2. The van der Waals surface area contributed by atoms with E-state index in [2.05, 4.69) is 43.5 Å². The van der Waals surface area contributed by atoms with Crippen molar-refractivity contribution in [2.45, 2.75) is 289 Å². The van der Waals surface area contributed by atoms with Gasteiger partial charge in [0.2, 0.25) is 5.91 Å². The van der Waals surface area contributed by atoms with E-state index in [9.17, 15) is 19.8 Å². The van der Waals surface area contributed by atoms with E-state index in [4.69, 9.17) is 4.74 Å². The summed E-state index contributed by atoms with van der Waals surface area (Å²) in [5.74, 6) is -0.0966. The molecule has 0 aromatic heterocycles. The number of esters is 1. The zero-order valence-corrected chi connectivity index (χ0v) is 40.6. The highest BCUT2D eigenvalue weighted by atomic mass is 16.5. The second kappa shape index (κ2) is 50.7. The molecule has 0 aliphatic heterocycles. The molecular formula is C55H103NO5. The summed E-state index contributed by atoms with van der Waals surface area (Å²) in [6, 6.07) is -0.638. The van der Waals surface area contributed by atoms with Crippen molar-refractivity contribution < 1.29 is 24.5 Å². The Hall–Kier alpha value is -1.92. The predicted molar refractivity (Wildman–Crippen MR) is 264 cm³/mol. The van der Waals surface area contributed by atoms with Gasteiger partial charge in [-0.25, -0.2) is 0 Å². The maximum Gasteiger partial charge on any atom is 0.305 e. The first-order valence-electron chi connectivity index (χ1n) is 26.8. The van der Waals surface area contributed by atoms with Crippen molar-refractivity contribution in [3.63, 3.8) is 0 Å². The molecule has 0 aromatic rings. The average Bonchev–Trinajstić information content (AvgIpc) is 3.26. The van der Waals surface area contributed by atoms with Gasteiger partial charge in [-0.05, 0) is 64.2 Å². The third kappa shape index (κ3) is 47.4. The molecule has 0 aromatic carbocycles. The number of ether oxygens (including phenoxy) is 1. The molecular weight excluding hydrogens is 755 g/mol. The van der Waals surface area contributed by atoms with Gasteiger partial charge in [0.1, 0.15) is 0 Å². The normalized spacial score (nSPS) is 12.9. The van der Waals surface area contributed by atoms with Crippen LogP contribution in [-0.4, -0.2) is 47.4 Å². The lowest BCUT2D eigenvalue weighted by atomic mass is 10.0. The molecule has 6 heteroatoms. The van der Waals surface area contributed by atoms with Gasteiger partial charge < -0.3 is 20.3 Å². The summed E-state index contributed by atoms with van der Waals surface area (Å²) in [7, 11) is 0. The summed E-state index contributed by atoms with van der Waals surface area (Å²) in [5, 5.41) is 23.0. The van der Waals surface area contributed by atoms with E-state index in [0.717, 1.165) is 64.2 Å². The lowest BCUT2D eigenvalue weighted by Gasteiger charge is -2.20. The Labute approximate surface area is 379 Å². The van der Waals surface area contributed by atoms with Crippen LogP contribution in [0.1, 0.15) is 277 Å². The van der Waals surface area contributed by atoms with Gasteiger partial charge >= 0.3 is 5.97 Å². The zero-order chi connectivity index (χ0) is 44.4. The van der Waals surface area contributed by atoms with E-state index in [1.54, 1.807) is 6.08 Å². The molecule has 61 heavy (non-hydrogen) atoms. The smallest absolute Gasteiger partial charge is 0.305 e. The standard InChI is InChI=1S/C55H103NO5/c1-3-5-7-9-11-13-15-17-19-20-21-25-29-33-37-41-45-49-55(60)61-50-46-42-38-34-30-26-22-24-28-32-36-40-44-48-54(59)56-52(51-57)53(58)47-43-39-35-31-27-23-18-16-14-12-10-8-6-4-2/h11,13,17,19,43,47,52-53,57-58H,3-10,12,14-16,18,20-42,44-46,48-51H2,1-2H3,(H,56,59)/b13-11-,19-17-,47-43+. The number of hydrogen-bond donors (Lipinski definition) is 3. The Morgan fingerprint density at radius 2 is 0.820 bits per heavy atom. The number of aliphatic hydroxyl groups is 2. The third-order valence-electron chi connectivity index (χ3n) is 12.2. The number of nitrogens with one attached hydrogen (secondary N) is 1. The number of aliphatic hydroxyl groups excluding tert-OH is 2. The number of allylic oxidation sites excluding steroid dienone is 5. The fraction of sp³-hybridized carbons (Fsp3) is 0.855. The minimum Gasteiger partial charge on any atom is -0.466 e. The fourth-order valence-electron chi connectivity index (χ4n) is 8.02. The van der Waals surface area contributed by atoms with Gasteiger partial charge in [0.05, 0.1) is 25.4 Å². The molecule has 3 N–H and O–H groups in total. The van der Waals surface area contributed by atoms with Crippen LogP contribution in [0, 0.1) is 0 Å². The van der Waals surface area contributed by atoms with E-state index in [0.29, 0.717) is 19.4 Å². The van der Waals surface area contributed by atoms with Gasteiger partial charge in [-0.2, -0.15) is 0 Å². The highest BCUT2D eigenvalue weighted by Gasteiger charge is 2.18. The Morgan fingerprint density at radius 1 is 0.459 bits per heavy atom. The minimum atomic E-state index is -0.853. The van der Waals surface area contributed by atoms with Crippen LogP contribution in [-0.2, 0) is 14.3 Å². The first-order valence-corrected chi connectivity index (χ1v) is 26.8. The SMILES string of the molecule is CCCCC/C=C\C/C=C\CCCCCCCCCC(=O)OCCCCCCCCCCCCCCCC(=O)NC(CO)C(O)/C=C/CCCCCCCCCCCCCC. The lowest BCUT2D eigenvalue weighted by molar-refractivity contribution is -0.143. The van der Waals surface area contributed by atoms with Crippen LogP contribution >= 0.6 is 0 Å². The Kier molecular flexibility index (Phi) is 49.1. The second-order valence-electron chi connectivity index (χ2n) is 18.2. The molecule has 0 aliphatic carbocycles. The molecule has 2 unspecified atom stereocenters. The largest absolute Gasteiger partial charge is 0.466 e. The Bertz CT molecular complexity index is 993. The summed E-state index contributed by atoms with van der Waals surface area (Å²) in [4.78, 5) is 24.5. The van der Waals surface area contributed by atoms with E-state index in [-0.39, 0.29) is 18.5 Å². The van der Waals surface area contributed by atoms with Crippen LogP contribution in [0.2, 0.25) is 0 Å². The molecule has 0 saturated carbocycles. The van der Waals surface area contributed by atoms with Crippen LogP contribution in [0.15, 0.2) is 36.5 Å². The van der Waals surface area contributed by atoms with Gasteiger partial charge in [0.25, 0.3) is 0 Å². The van der Waals surface area contributed by atoms with Gasteiger partial charge in [-0.3, -0.25) is 9.59 Å². The molecule has 0 heterocycles. The number of carbonyl (C=O) groups is 2. The quantitative estimate of drug-likeness (QED) is 0.0322. The summed E-state index contributed by atoms with van der Waals surface area (Å²) in [5.41, 5.74) is 0. The van der Waals surface area contributed by atoms with Crippen LogP contribution in [0.5, 0.6) is 0 Å². The van der Waals surface area contributed by atoms with Crippen molar-refractivity contribution in [3.05, 3.63) is 36.5 Å². The molecule has 0 fully saturated rings. The van der Waals surface area contributed by atoms with Gasteiger partial charge in [-0.1, -0.05) is 237 Å². The topological polar surface area (TPSA) is 95.9 Å². The molecule has 0 radical (unpaired) electrons. The third-order valence-corrected chi connectivity index (χ3v) is 12.2. The van der Waals surface area contributed by atoms with Crippen molar-refractivity contribution in [3.8, 4) is 0 Å². The summed E-state index contributed by atoms with van der Waals surface area (Å²) in [6.45, 7) is 4.84. The average molecular weight is 858 g/mol. The summed E-state index contributed by atoms with van der Waals surface area (Å²) in [6.07, 6.45) is 61.4. The van der Waals surface area contributed by atoms with Crippen molar-refractivity contribution in [1.82, 2.24) is 5.32 Å². The minimum absolute atomic E-state index is 0.0150. The first-order chi connectivity index (χ1) is 30.0. The van der Waals surface area contributed by atoms with Crippen molar-refractivity contribution in [2.24, 2.45) is 0 Å². The number of rotatable bonds is 49. The number of amides is 1. The molecule has 358 valence electrons. The molecule has 1 amide bonds. The molecule has 0 spiro atoms. The van der Waals surface area contributed by atoms with Crippen LogP contribution in [0.3, 0.4) is 0 Å². The number of unbranched alkanes of at least 4 members (excludes halogenated alkanes) is 34. The maximum atomic E-state index is 12.4. The second-order valence-corrected chi connectivity index (χ2v) is 18.2. The van der Waals surface area contributed by atoms with E-state index < -0.39 is 12.1 Å². The fourth-order valence-corrected chi connectivity index (χ4v) is 8.02. The van der Waals surface area contributed by atoms with Crippen molar-refractivity contribution >= 4 is 11.9 Å². The monoisotopic (exact) mass is 858 g/mol. The highest BCUT2D eigenvalue weighted by molar-refractivity contribution is 5.76. The van der Waals surface area contributed by atoms with E-state index >= 15 is 0 Å². The van der Waals surface area contributed by atoms with Crippen LogP contribution in [0.4, 0.5) is 0 Å². The zero-order valence-electron chi connectivity index (χ0n) is 40.6. The van der Waals surface area contributed by atoms with Crippen LogP contribution < -0.4 is 5.32 Å². The molecule has 2 atom stereocenters. The molecule has 0 saturated heterocycles.